The van der Waals surface area contributed by atoms with Gasteiger partial charge in [-0.05, 0) is 79.6 Å². The van der Waals surface area contributed by atoms with Crippen molar-refractivity contribution in [2.75, 3.05) is 16.3 Å². The van der Waals surface area contributed by atoms with Crippen LogP contribution in [0.15, 0.2) is 36.4 Å². The summed E-state index contributed by atoms with van der Waals surface area (Å²) in [5.74, 6) is -2.74. The molecule has 1 aliphatic carbocycles. The first-order valence-electron chi connectivity index (χ1n) is 14.4. The van der Waals surface area contributed by atoms with Crippen molar-refractivity contribution in [2.24, 2.45) is 13.0 Å². The third-order valence-corrected chi connectivity index (χ3v) is 8.14. The van der Waals surface area contributed by atoms with E-state index in [1.165, 1.54) is 19.2 Å². The van der Waals surface area contributed by atoms with Crippen molar-refractivity contribution in [3.63, 3.8) is 0 Å². The molecule has 17 heteroatoms. The molecule has 3 aromatic rings. The first-order chi connectivity index (χ1) is 21.4. The van der Waals surface area contributed by atoms with E-state index in [1.54, 1.807) is 13.0 Å². The van der Waals surface area contributed by atoms with Crippen molar-refractivity contribution >= 4 is 17.7 Å². The second kappa shape index (κ2) is 12.3. The normalized spacial score (nSPS) is 19.6. The highest BCUT2D eigenvalue weighted by atomic mass is 19.4. The average Bonchev–Trinajstić information content (AvgIpc) is 3.58. The van der Waals surface area contributed by atoms with Gasteiger partial charge in [-0.1, -0.05) is 22.8 Å². The molecule has 2 aliphatic rings. The summed E-state index contributed by atoms with van der Waals surface area (Å²) in [4.78, 5) is 16.3. The second-order valence-electron chi connectivity index (χ2n) is 11.5. The molecule has 1 saturated carbocycles. The van der Waals surface area contributed by atoms with Crippen LogP contribution < -0.4 is 9.80 Å². The van der Waals surface area contributed by atoms with Crippen LogP contribution in [-0.4, -0.2) is 45.1 Å². The van der Waals surface area contributed by atoms with Gasteiger partial charge in [0, 0.05) is 13.1 Å². The summed E-state index contributed by atoms with van der Waals surface area (Å²) >= 11 is 0. The van der Waals surface area contributed by atoms with Gasteiger partial charge in [0.05, 0.1) is 35.8 Å². The number of carbonyl (C=O) groups is 1. The van der Waals surface area contributed by atoms with Crippen LogP contribution >= 0.6 is 0 Å². The number of benzene rings is 2. The van der Waals surface area contributed by atoms with E-state index in [9.17, 15) is 44.3 Å². The number of nitrogens with zero attached hydrogens (tertiary/aromatic N) is 6. The summed E-state index contributed by atoms with van der Waals surface area (Å²) in [5, 5.41) is 11.5. The van der Waals surface area contributed by atoms with Crippen LogP contribution in [0.2, 0.25) is 0 Å². The summed E-state index contributed by atoms with van der Waals surface area (Å²) in [6, 6.07) is 3.45. The Balaban J connectivity index is 1.68. The molecule has 0 radical (unpaired) electrons. The fourth-order valence-corrected chi connectivity index (χ4v) is 6.04. The highest BCUT2D eigenvalue weighted by molar-refractivity contribution is 5.89. The third-order valence-electron chi connectivity index (χ3n) is 8.14. The zero-order valence-electron chi connectivity index (χ0n) is 24.5. The van der Waals surface area contributed by atoms with Crippen molar-refractivity contribution < 1.29 is 49.0 Å². The van der Waals surface area contributed by atoms with Gasteiger partial charge >= 0.3 is 24.6 Å². The van der Waals surface area contributed by atoms with E-state index >= 15 is 0 Å². The highest BCUT2D eigenvalue weighted by Gasteiger charge is 2.51. The van der Waals surface area contributed by atoms with Crippen LogP contribution in [0.1, 0.15) is 66.0 Å². The number of aromatic nitrogens is 4. The van der Waals surface area contributed by atoms with Crippen LogP contribution in [0, 0.1) is 12.8 Å². The van der Waals surface area contributed by atoms with E-state index in [4.69, 9.17) is 4.74 Å². The Morgan fingerprint density at radius 3 is 2.11 bits per heavy atom. The van der Waals surface area contributed by atoms with E-state index in [2.05, 4.69) is 15.4 Å². The van der Waals surface area contributed by atoms with Gasteiger partial charge in [-0.3, -0.25) is 4.90 Å². The summed E-state index contributed by atoms with van der Waals surface area (Å²) in [5.41, 5.74) is -3.37. The van der Waals surface area contributed by atoms with Crippen LogP contribution in [-0.2, 0) is 30.7 Å². The van der Waals surface area contributed by atoms with Crippen LogP contribution in [0.4, 0.5) is 55.9 Å². The first kappa shape index (κ1) is 33.3. The molecule has 0 N–H and O–H groups in total. The molecule has 8 nitrogen and oxygen atoms in total. The van der Waals surface area contributed by atoms with E-state index in [-0.39, 0.29) is 17.3 Å². The largest absolute Gasteiger partial charge is 0.446 e. The van der Waals surface area contributed by atoms with E-state index in [0.29, 0.717) is 30.5 Å². The molecule has 1 fully saturated rings. The number of alkyl halides is 9. The first-order valence-corrected chi connectivity index (χ1v) is 14.4. The number of aryl methyl sites for hydroxylation is 2. The smallest absolute Gasteiger partial charge is 0.416 e. The van der Waals surface area contributed by atoms with Gasteiger partial charge in [0.25, 0.3) is 5.95 Å². The molecule has 0 saturated heterocycles. The van der Waals surface area contributed by atoms with Gasteiger partial charge < -0.3 is 9.64 Å². The fraction of sp³-hybridized carbons (Fsp3) is 0.517. The lowest BCUT2D eigenvalue weighted by Gasteiger charge is -2.37. The topological polar surface area (TPSA) is 76.4 Å². The van der Waals surface area contributed by atoms with Crippen molar-refractivity contribution in [1.29, 1.82) is 0 Å². The molecule has 0 unspecified atom stereocenters. The van der Waals surface area contributed by atoms with Crippen molar-refractivity contribution in [2.45, 2.75) is 76.2 Å². The average molecular weight is 665 g/mol. The molecule has 2 heterocycles. The molecule has 2 atom stereocenters. The number of hydrogen-bond donors (Lipinski definition) is 0. The number of amides is 1. The predicted octanol–water partition coefficient (Wildman–Crippen LogP) is 7.77. The highest BCUT2D eigenvalue weighted by Crippen LogP contribution is 2.49. The third kappa shape index (κ3) is 7.17. The Morgan fingerprint density at radius 2 is 1.57 bits per heavy atom. The fourth-order valence-electron chi connectivity index (χ4n) is 6.04. The number of ether oxygens (including phenoxy) is 1. The maximum Gasteiger partial charge on any atom is 0.416 e. The quantitative estimate of drug-likeness (QED) is 0.260. The summed E-state index contributed by atoms with van der Waals surface area (Å²) in [7, 11) is 1.30. The van der Waals surface area contributed by atoms with E-state index in [1.807, 2.05) is 0 Å². The van der Waals surface area contributed by atoms with Gasteiger partial charge in [0.15, 0.2) is 0 Å². The molecule has 250 valence electrons. The molecule has 1 amide bonds. The summed E-state index contributed by atoms with van der Waals surface area (Å²) in [6.07, 6.45) is -14.4. The lowest BCUT2D eigenvalue weighted by Crippen LogP contribution is -2.41. The minimum Gasteiger partial charge on any atom is -0.446 e. The summed E-state index contributed by atoms with van der Waals surface area (Å²) < 4.78 is 133. The van der Waals surface area contributed by atoms with E-state index < -0.39 is 84.8 Å². The molecule has 0 bridgehead atoms. The number of fused-ring (bicyclic) bond motifs is 1. The molecule has 46 heavy (non-hydrogen) atoms. The molecular formula is C29H29F9N6O2. The zero-order chi connectivity index (χ0) is 33.6. The Hall–Kier alpha value is -4.05. The minimum absolute atomic E-state index is 0.0549. The Morgan fingerprint density at radius 1 is 0.935 bits per heavy atom. The number of carbonyl (C=O) groups excluding carboxylic acids is 1. The molecule has 1 aliphatic heterocycles. The Labute approximate surface area is 257 Å². The summed E-state index contributed by atoms with van der Waals surface area (Å²) in [6.45, 7) is 0.279. The van der Waals surface area contributed by atoms with Crippen LogP contribution in [0.5, 0.6) is 0 Å². The lowest BCUT2D eigenvalue weighted by molar-refractivity contribution is -0.182. The molecule has 2 aromatic carbocycles. The number of halogens is 9. The number of rotatable bonds is 5. The monoisotopic (exact) mass is 664 g/mol. The van der Waals surface area contributed by atoms with Crippen molar-refractivity contribution in [3.8, 4) is 0 Å². The zero-order valence-corrected chi connectivity index (χ0v) is 24.5. The van der Waals surface area contributed by atoms with Gasteiger partial charge in [-0.2, -0.15) is 44.3 Å². The Kier molecular flexibility index (Phi) is 8.90. The van der Waals surface area contributed by atoms with Crippen LogP contribution in [0.25, 0.3) is 0 Å². The SMILES string of the molecule is Cc1ccc2c(c1)[C@@H](N(Cc1cc(C(F)(F)F)cc(C(F)(F)F)c1)c1nnn(C)n1)[C@@H](C(F)(F)F)CCN2C(=O)OC1CCCC1. The molecule has 0 spiro atoms. The van der Waals surface area contributed by atoms with Gasteiger partial charge in [-0.25, -0.2) is 4.79 Å². The maximum atomic E-state index is 15.0. The predicted molar refractivity (Wildman–Crippen MR) is 146 cm³/mol. The van der Waals surface area contributed by atoms with E-state index in [0.717, 1.165) is 27.4 Å². The van der Waals surface area contributed by atoms with Crippen LogP contribution in [0.3, 0.4) is 0 Å². The second-order valence-corrected chi connectivity index (χ2v) is 11.5. The van der Waals surface area contributed by atoms with Gasteiger partial charge in [-0.15, -0.1) is 5.10 Å². The van der Waals surface area contributed by atoms with Gasteiger partial charge in [0.1, 0.15) is 6.10 Å². The molecular weight excluding hydrogens is 635 g/mol. The van der Waals surface area contributed by atoms with Gasteiger partial charge in [0.2, 0.25) is 0 Å². The molecule has 1 aromatic heterocycles. The number of anilines is 2. The standard InChI is InChI=1S/C29H29F9N6O2/c1-16-7-8-23-21(11-16)24(22(29(36,37)38)9-10-43(23)26(45)46-20-5-3-4-6-20)44(25-39-41-42(2)40-25)15-17-12-18(27(30,31)32)14-19(13-17)28(33,34)35/h7-8,11-14,20,22,24H,3-6,9-10,15H2,1-2H3/t22-,24+/m0/s1. The maximum absolute atomic E-state index is 15.0. The minimum atomic E-state index is -5.19. The number of tetrazole rings is 1. The Bertz CT molecular complexity index is 1530. The van der Waals surface area contributed by atoms with Crippen molar-refractivity contribution in [3.05, 3.63) is 64.2 Å². The molecule has 5 rings (SSSR count). The number of hydrogen-bond acceptors (Lipinski definition) is 6. The van der Waals surface area contributed by atoms with Crippen molar-refractivity contribution in [1.82, 2.24) is 20.2 Å². The lowest BCUT2D eigenvalue weighted by atomic mass is 9.87.